The van der Waals surface area contributed by atoms with Crippen LogP contribution in [0.3, 0.4) is 0 Å². The van der Waals surface area contributed by atoms with Gasteiger partial charge in [0.1, 0.15) is 11.3 Å². The molecule has 222 valence electrons. The third-order valence-electron chi connectivity index (χ3n) is 6.58. The van der Waals surface area contributed by atoms with Crippen LogP contribution in [0.1, 0.15) is 34.6 Å². The van der Waals surface area contributed by atoms with Crippen LogP contribution in [0.2, 0.25) is 0 Å². The minimum Gasteiger partial charge on any atom is -0.478 e. The summed E-state index contributed by atoms with van der Waals surface area (Å²) in [6.07, 6.45) is -2.83. The summed E-state index contributed by atoms with van der Waals surface area (Å²) in [5.41, 5.74) is -1.28. The number of nitrogens with one attached hydrogen (secondary N) is 1. The van der Waals surface area contributed by atoms with Gasteiger partial charge in [0.2, 0.25) is 0 Å². The van der Waals surface area contributed by atoms with Crippen molar-refractivity contribution in [1.29, 1.82) is 0 Å². The fraction of sp³-hybridized carbons (Fsp3) is 0.250. The second-order valence-electron chi connectivity index (χ2n) is 9.54. The van der Waals surface area contributed by atoms with Crippen molar-refractivity contribution in [3.05, 3.63) is 76.6 Å². The maximum Gasteiger partial charge on any atom is 0.490 e. The van der Waals surface area contributed by atoms with Crippen LogP contribution in [0.15, 0.2) is 36.4 Å². The molecule has 0 unspecified atom stereocenters. The number of rotatable bonds is 5. The van der Waals surface area contributed by atoms with Gasteiger partial charge < -0.3 is 15.2 Å². The number of aromatic nitrogens is 2. The Morgan fingerprint density at radius 2 is 1.38 bits per heavy atom. The number of nitrogens with zero attached hydrogens (tertiary/aromatic N) is 2. The molecule has 42 heavy (non-hydrogen) atoms. The summed E-state index contributed by atoms with van der Waals surface area (Å²) in [7, 11) is 0. The largest absolute Gasteiger partial charge is 0.490 e. The van der Waals surface area contributed by atoms with Crippen LogP contribution in [0.25, 0.3) is 33.3 Å². The van der Waals surface area contributed by atoms with Crippen molar-refractivity contribution in [2.45, 2.75) is 32.5 Å². The van der Waals surface area contributed by atoms with Gasteiger partial charge in [0.15, 0.2) is 23.3 Å². The molecule has 0 aliphatic carbocycles. The molecule has 3 N–H and O–H groups in total. The van der Waals surface area contributed by atoms with Crippen molar-refractivity contribution in [3.8, 4) is 22.3 Å². The number of alkyl halides is 3. The molecular weight excluding hydrogens is 575 g/mol. The van der Waals surface area contributed by atoms with Crippen molar-refractivity contribution < 1.29 is 50.5 Å². The predicted molar refractivity (Wildman–Crippen MR) is 137 cm³/mol. The molecule has 0 spiro atoms. The fourth-order valence-corrected chi connectivity index (χ4v) is 4.66. The van der Waals surface area contributed by atoms with Gasteiger partial charge in [-0.2, -0.15) is 13.2 Å². The van der Waals surface area contributed by atoms with Crippen molar-refractivity contribution >= 4 is 23.0 Å². The molecule has 14 heteroatoms. The first-order valence-electron chi connectivity index (χ1n) is 12.4. The molecule has 5 rings (SSSR count). The van der Waals surface area contributed by atoms with Gasteiger partial charge in [-0.1, -0.05) is 24.3 Å². The minimum absolute atomic E-state index is 0.000363. The monoisotopic (exact) mass is 597 g/mol. The lowest BCUT2D eigenvalue weighted by atomic mass is 9.95. The highest BCUT2D eigenvalue weighted by Crippen LogP contribution is 2.38. The first kappa shape index (κ1) is 30.5. The Morgan fingerprint density at radius 3 is 1.86 bits per heavy atom. The third-order valence-corrected chi connectivity index (χ3v) is 6.58. The molecule has 1 aliphatic rings. The summed E-state index contributed by atoms with van der Waals surface area (Å²) in [6, 6.07) is 8.42. The van der Waals surface area contributed by atoms with Crippen LogP contribution >= 0.6 is 0 Å². The zero-order valence-corrected chi connectivity index (χ0v) is 21.8. The number of imidazole rings is 1. The summed E-state index contributed by atoms with van der Waals surface area (Å²) in [4.78, 5) is 29.7. The Morgan fingerprint density at radius 1 is 0.881 bits per heavy atom. The SMILES string of the molecule is Cc1nc2c(C(=O)O)cc(-c3c(F)c(F)c(-c4ccc(CN5CCCC5)cc4)c(F)c3F)cc2[nH]1.O=C(O)C(F)(F)F. The van der Waals surface area contributed by atoms with E-state index in [2.05, 4.69) is 14.9 Å². The van der Waals surface area contributed by atoms with E-state index in [1.807, 2.05) is 0 Å². The van der Waals surface area contributed by atoms with E-state index in [1.165, 1.54) is 18.2 Å². The van der Waals surface area contributed by atoms with E-state index in [0.29, 0.717) is 12.4 Å². The summed E-state index contributed by atoms with van der Waals surface area (Å²) in [6.45, 7) is 4.23. The number of carboxylic acids is 2. The Kier molecular flexibility index (Phi) is 8.57. The van der Waals surface area contributed by atoms with Gasteiger partial charge in [-0.3, -0.25) is 4.90 Å². The molecule has 1 aromatic heterocycles. The molecule has 0 saturated carbocycles. The number of fused-ring (bicyclic) bond motifs is 1. The number of likely N-dealkylation sites (tertiary alicyclic amines) is 1. The second kappa shape index (κ2) is 11.8. The van der Waals surface area contributed by atoms with E-state index in [-0.39, 0.29) is 27.7 Å². The highest BCUT2D eigenvalue weighted by molar-refractivity contribution is 6.03. The number of H-pyrrole nitrogens is 1. The van der Waals surface area contributed by atoms with Gasteiger partial charge in [-0.25, -0.2) is 32.1 Å². The third kappa shape index (κ3) is 6.22. The lowest BCUT2D eigenvalue weighted by Gasteiger charge is -2.16. The fourth-order valence-electron chi connectivity index (χ4n) is 4.66. The Hall–Kier alpha value is -4.46. The van der Waals surface area contributed by atoms with E-state index in [4.69, 9.17) is 9.90 Å². The number of aromatic carboxylic acids is 1. The number of hydrogen-bond donors (Lipinski definition) is 3. The first-order valence-corrected chi connectivity index (χ1v) is 12.4. The van der Waals surface area contributed by atoms with E-state index in [1.54, 1.807) is 19.1 Å². The second-order valence-corrected chi connectivity index (χ2v) is 9.54. The van der Waals surface area contributed by atoms with E-state index in [0.717, 1.165) is 37.6 Å². The van der Waals surface area contributed by atoms with Gasteiger partial charge in [-0.15, -0.1) is 0 Å². The maximum atomic E-state index is 15.2. The number of carbonyl (C=O) groups is 2. The number of benzene rings is 3. The smallest absolute Gasteiger partial charge is 0.478 e. The molecule has 1 aliphatic heterocycles. The minimum atomic E-state index is -5.08. The van der Waals surface area contributed by atoms with Crippen molar-refractivity contribution in [3.63, 3.8) is 0 Å². The molecule has 7 nitrogen and oxygen atoms in total. The maximum absolute atomic E-state index is 15.2. The van der Waals surface area contributed by atoms with Crippen LogP contribution in [0, 0.1) is 30.2 Å². The summed E-state index contributed by atoms with van der Waals surface area (Å²) >= 11 is 0. The Balaban J connectivity index is 0.000000517. The normalized spacial score (nSPS) is 13.7. The van der Waals surface area contributed by atoms with Gasteiger partial charge in [0, 0.05) is 6.54 Å². The quantitative estimate of drug-likeness (QED) is 0.175. The highest BCUT2D eigenvalue weighted by atomic mass is 19.4. The molecule has 0 radical (unpaired) electrons. The molecule has 2 heterocycles. The average molecular weight is 597 g/mol. The summed E-state index contributed by atoms with van der Waals surface area (Å²) < 4.78 is 92.4. The van der Waals surface area contributed by atoms with Crippen LogP contribution in [0.4, 0.5) is 30.7 Å². The lowest BCUT2D eigenvalue weighted by molar-refractivity contribution is -0.192. The topological polar surface area (TPSA) is 107 Å². The van der Waals surface area contributed by atoms with Crippen molar-refractivity contribution in [2.24, 2.45) is 0 Å². The van der Waals surface area contributed by atoms with Gasteiger partial charge in [0.25, 0.3) is 0 Å². The number of aromatic amines is 1. The molecule has 4 aromatic rings. The van der Waals surface area contributed by atoms with E-state index in [9.17, 15) is 23.1 Å². The first-order chi connectivity index (χ1) is 19.7. The summed E-state index contributed by atoms with van der Waals surface area (Å²) in [5.74, 6) is -10.1. The van der Waals surface area contributed by atoms with Crippen molar-refractivity contribution in [2.75, 3.05) is 13.1 Å². The lowest BCUT2D eigenvalue weighted by Crippen LogP contribution is -2.21. The molecular formula is C28H22F7N3O4. The van der Waals surface area contributed by atoms with Crippen LogP contribution in [0.5, 0.6) is 0 Å². The number of aliphatic carboxylic acids is 1. The van der Waals surface area contributed by atoms with Gasteiger partial charge >= 0.3 is 18.1 Å². The zero-order chi connectivity index (χ0) is 30.9. The molecule has 1 saturated heterocycles. The molecule has 0 atom stereocenters. The Labute approximate surface area is 233 Å². The van der Waals surface area contributed by atoms with Gasteiger partial charge in [0.05, 0.1) is 22.2 Å². The Bertz CT molecular complexity index is 1630. The molecule has 0 bridgehead atoms. The number of aryl methyl sites for hydroxylation is 1. The number of halogens is 7. The van der Waals surface area contributed by atoms with E-state index >= 15 is 17.6 Å². The molecule has 1 fully saturated rings. The van der Waals surface area contributed by atoms with Crippen LogP contribution in [-0.2, 0) is 11.3 Å². The predicted octanol–water partition coefficient (Wildman–Crippen LogP) is 6.69. The zero-order valence-electron chi connectivity index (χ0n) is 21.8. The molecule has 3 aromatic carbocycles. The highest BCUT2D eigenvalue weighted by Gasteiger charge is 2.38. The number of hydrogen-bond acceptors (Lipinski definition) is 4. The molecule has 0 amide bonds. The number of carboxylic acid groups (broad SMARTS) is 2. The van der Waals surface area contributed by atoms with Crippen LogP contribution < -0.4 is 0 Å². The van der Waals surface area contributed by atoms with Gasteiger partial charge in [-0.05, 0) is 61.7 Å². The van der Waals surface area contributed by atoms with E-state index < -0.39 is 52.5 Å². The van der Waals surface area contributed by atoms with Crippen molar-refractivity contribution in [1.82, 2.24) is 14.9 Å². The summed E-state index contributed by atoms with van der Waals surface area (Å²) in [5, 5.41) is 16.6. The van der Waals surface area contributed by atoms with Crippen LogP contribution in [-0.4, -0.2) is 56.3 Å². The standard InChI is InChI=1S/C26H21F4N3O2.C2HF3O2/c1-13-31-18-11-16(10-17(26(34)35)25(18)32-13)20-23(29)21(27)19(22(28)24(20)30)15-6-4-14(5-7-15)12-33-8-2-3-9-33;3-2(4,5)1(6)7/h4-7,10-11H,2-3,8-9,12H2,1H3,(H,31,32)(H,34,35);(H,6,7). The average Bonchev–Trinajstić information content (AvgIpc) is 3.56.